The van der Waals surface area contributed by atoms with E-state index < -0.39 is 11.9 Å². The van der Waals surface area contributed by atoms with Gasteiger partial charge in [0.15, 0.2) is 11.4 Å². The average molecular weight is 239 g/mol. The van der Waals surface area contributed by atoms with Gasteiger partial charge in [-0.05, 0) is 12.8 Å². The number of carbonyl (C=O) groups excluding carboxylic acids is 2. The largest absolute Gasteiger partial charge is 0.461 e. The smallest absolute Gasteiger partial charge is 0.358 e. The summed E-state index contributed by atoms with van der Waals surface area (Å²) in [4.78, 5) is 25.5. The van der Waals surface area contributed by atoms with E-state index in [2.05, 4.69) is 4.98 Å². The van der Waals surface area contributed by atoms with E-state index >= 15 is 0 Å². The lowest BCUT2D eigenvalue weighted by atomic mass is 10.1. The number of ether oxygens (including phenoxy) is 2. The van der Waals surface area contributed by atoms with Crippen LogP contribution < -0.4 is 4.74 Å². The van der Waals surface area contributed by atoms with Gasteiger partial charge in [-0.25, -0.2) is 4.79 Å². The van der Waals surface area contributed by atoms with Crippen molar-refractivity contribution >= 4 is 11.9 Å². The van der Waals surface area contributed by atoms with Crippen LogP contribution >= 0.6 is 0 Å². The van der Waals surface area contributed by atoms with Crippen LogP contribution in [-0.4, -0.2) is 23.5 Å². The summed E-state index contributed by atoms with van der Waals surface area (Å²) in [6.07, 6.45) is 1.66. The highest BCUT2D eigenvalue weighted by Gasteiger charge is 2.22. The summed E-state index contributed by atoms with van der Waals surface area (Å²) in [7, 11) is 0. The normalized spacial score (nSPS) is 10.4. The molecule has 0 aromatic carbocycles. The summed E-state index contributed by atoms with van der Waals surface area (Å²) in [6.45, 7) is 7.19. The molecule has 1 aromatic rings. The van der Waals surface area contributed by atoms with Crippen molar-refractivity contribution in [3.05, 3.63) is 17.5 Å². The fraction of sp³-hybridized carbons (Fsp3) is 0.500. The predicted molar refractivity (Wildman–Crippen MR) is 62.1 cm³/mol. The zero-order chi connectivity index (χ0) is 13.0. The first-order chi connectivity index (χ1) is 7.97. The third kappa shape index (κ3) is 3.09. The second-order valence-electron chi connectivity index (χ2n) is 3.92. The van der Waals surface area contributed by atoms with E-state index in [0.717, 1.165) is 5.56 Å². The van der Waals surface area contributed by atoms with Crippen LogP contribution in [0.5, 0.6) is 5.75 Å². The van der Waals surface area contributed by atoms with Gasteiger partial charge < -0.3 is 14.5 Å². The van der Waals surface area contributed by atoms with Crippen LogP contribution in [-0.2, 0) is 9.53 Å². The van der Waals surface area contributed by atoms with Gasteiger partial charge in [-0.1, -0.05) is 13.8 Å². The first-order valence-electron chi connectivity index (χ1n) is 5.54. The van der Waals surface area contributed by atoms with Crippen molar-refractivity contribution in [1.29, 1.82) is 0 Å². The Labute approximate surface area is 100 Å². The number of H-pyrrole nitrogens is 1. The van der Waals surface area contributed by atoms with Crippen LogP contribution in [0, 0.1) is 0 Å². The number of carbonyl (C=O) groups is 2. The van der Waals surface area contributed by atoms with E-state index in [4.69, 9.17) is 9.47 Å². The van der Waals surface area contributed by atoms with Crippen LogP contribution in [0.1, 0.15) is 49.7 Å². The molecule has 1 heterocycles. The van der Waals surface area contributed by atoms with Crippen LogP contribution in [0.25, 0.3) is 0 Å². The molecule has 0 radical (unpaired) electrons. The molecule has 0 saturated carbocycles. The molecule has 17 heavy (non-hydrogen) atoms. The van der Waals surface area contributed by atoms with Gasteiger partial charge in [-0.2, -0.15) is 0 Å². The fourth-order valence-corrected chi connectivity index (χ4v) is 1.46. The fourth-order valence-electron chi connectivity index (χ4n) is 1.46. The third-order valence-electron chi connectivity index (χ3n) is 2.21. The van der Waals surface area contributed by atoms with Crippen LogP contribution in [0.2, 0.25) is 0 Å². The number of hydrogen-bond acceptors (Lipinski definition) is 4. The monoisotopic (exact) mass is 239 g/mol. The summed E-state index contributed by atoms with van der Waals surface area (Å²) in [5.74, 6) is -0.567. The summed E-state index contributed by atoms with van der Waals surface area (Å²) in [6, 6.07) is 0. The minimum Gasteiger partial charge on any atom is -0.461 e. The molecule has 0 spiro atoms. The second-order valence-corrected chi connectivity index (χ2v) is 3.92. The standard InChI is InChI=1S/C12H17NO4/c1-5-16-12(15)10-11(17-8(4)14)9(6-13-10)7(2)3/h6-7,13H,5H2,1-4H3. The van der Waals surface area contributed by atoms with Crippen molar-refractivity contribution in [2.24, 2.45) is 0 Å². The van der Waals surface area contributed by atoms with Gasteiger partial charge in [0.1, 0.15) is 0 Å². The number of aromatic amines is 1. The minimum atomic E-state index is -0.518. The molecular weight excluding hydrogens is 222 g/mol. The number of nitrogens with one attached hydrogen (secondary N) is 1. The van der Waals surface area contributed by atoms with Gasteiger partial charge in [0, 0.05) is 18.7 Å². The van der Waals surface area contributed by atoms with Crippen molar-refractivity contribution < 1.29 is 19.1 Å². The molecule has 5 heteroatoms. The van der Waals surface area contributed by atoms with E-state index in [1.807, 2.05) is 13.8 Å². The Balaban J connectivity index is 3.12. The van der Waals surface area contributed by atoms with Gasteiger partial charge >= 0.3 is 11.9 Å². The molecule has 0 atom stereocenters. The molecule has 0 aliphatic heterocycles. The predicted octanol–water partition coefficient (Wildman–Crippen LogP) is 2.24. The highest BCUT2D eigenvalue weighted by atomic mass is 16.5. The van der Waals surface area contributed by atoms with Crippen LogP contribution in [0.3, 0.4) is 0 Å². The number of esters is 2. The second kappa shape index (κ2) is 5.52. The lowest BCUT2D eigenvalue weighted by molar-refractivity contribution is -0.131. The van der Waals surface area contributed by atoms with Crippen molar-refractivity contribution in [2.45, 2.75) is 33.6 Å². The molecule has 0 aliphatic rings. The summed E-state index contributed by atoms with van der Waals surface area (Å²) < 4.78 is 9.96. The lowest BCUT2D eigenvalue weighted by Gasteiger charge is -2.08. The zero-order valence-electron chi connectivity index (χ0n) is 10.5. The van der Waals surface area contributed by atoms with Crippen molar-refractivity contribution in [1.82, 2.24) is 4.98 Å². The molecule has 0 amide bonds. The third-order valence-corrected chi connectivity index (χ3v) is 2.21. The molecule has 94 valence electrons. The van der Waals surface area contributed by atoms with Gasteiger partial charge in [0.2, 0.25) is 0 Å². The van der Waals surface area contributed by atoms with E-state index in [0.29, 0.717) is 0 Å². The molecular formula is C12H17NO4. The first kappa shape index (κ1) is 13.3. The Hall–Kier alpha value is -1.78. The Bertz CT molecular complexity index is 420. The molecule has 5 nitrogen and oxygen atoms in total. The van der Waals surface area contributed by atoms with Gasteiger partial charge in [-0.15, -0.1) is 0 Å². The number of aromatic nitrogens is 1. The SMILES string of the molecule is CCOC(=O)c1[nH]cc(C(C)C)c1OC(C)=O. The molecule has 0 saturated heterocycles. The lowest BCUT2D eigenvalue weighted by Crippen LogP contribution is -2.10. The molecule has 1 aromatic heterocycles. The summed E-state index contributed by atoms with van der Waals surface area (Å²) in [5.41, 5.74) is 0.967. The van der Waals surface area contributed by atoms with E-state index in [1.165, 1.54) is 6.92 Å². The molecule has 0 bridgehead atoms. The summed E-state index contributed by atoms with van der Waals surface area (Å²) >= 11 is 0. The summed E-state index contributed by atoms with van der Waals surface area (Å²) in [5, 5.41) is 0. The van der Waals surface area contributed by atoms with E-state index in [9.17, 15) is 9.59 Å². The van der Waals surface area contributed by atoms with Crippen molar-refractivity contribution in [3.8, 4) is 5.75 Å². The Morgan fingerprint density at radius 2 is 2.06 bits per heavy atom. The highest BCUT2D eigenvalue weighted by Crippen LogP contribution is 2.30. The van der Waals surface area contributed by atoms with E-state index in [-0.39, 0.29) is 24.0 Å². The molecule has 0 unspecified atom stereocenters. The van der Waals surface area contributed by atoms with E-state index in [1.54, 1.807) is 13.1 Å². The van der Waals surface area contributed by atoms with Gasteiger partial charge in [0.05, 0.1) is 6.61 Å². The Kier molecular flexibility index (Phi) is 4.31. The number of hydrogen-bond donors (Lipinski definition) is 1. The zero-order valence-corrected chi connectivity index (χ0v) is 10.5. The van der Waals surface area contributed by atoms with Crippen LogP contribution in [0.15, 0.2) is 6.20 Å². The maximum atomic E-state index is 11.6. The Morgan fingerprint density at radius 1 is 1.41 bits per heavy atom. The molecule has 1 rings (SSSR count). The van der Waals surface area contributed by atoms with Crippen molar-refractivity contribution in [3.63, 3.8) is 0 Å². The van der Waals surface area contributed by atoms with Gasteiger partial charge in [0.25, 0.3) is 0 Å². The highest BCUT2D eigenvalue weighted by molar-refractivity contribution is 5.92. The average Bonchev–Trinajstić information content (AvgIpc) is 2.60. The maximum absolute atomic E-state index is 11.6. The quantitative estimate of drug-likeness (QED) is 0.818. The van der Waals surface area contributed by atoms with Crippen molar-refractivity contribution in [2.75, 3.05) is 6.61 Å². The molecule has 0 aliphatic carbocycles. The minimum absolute atomic E-state index is 0.142. The Morgan fingerprint density at radius 3 is 2.53 bits per heavy atom. The molecule has 1 N–H and O–H groups in total. The first-order valence-corrected chi connectivity index (χ1v) is 5.54. The van der Waals surface area contributed by atoms with Gasteiger partial charge in [-0.3, -0.25) is 4.79 Å². The topological polar surface area (TPSA) is 68.4 Å². The maximum Gasteiger partial charge on any atom is 0.358 e. The van der Waals surface area contributed by atoms with Crippen LogP contribution in [0.4, 0.5) is 0 Å². The number of rotatable bonds is 4. The molecule has 0 fully saturated rings.